The molecular weight excluding hydrogens is 312 g/mol. The minimum Gasteiger partial charge on any atom is -0.352 e. The fraction of sp³-hybridized carbons (Fsp3) is 0.235. The zero-order chi connectivity index (χ0) is 16.9. The van der Waals surface area contributed by atoms with Crippen LogP contribution >= 0.6 is 0 Å². The van der Waals surface area contributed by atoms with Gasteiger partial charge in [0, 0.05) is 6.54 Å². The Morgan fingerprint density at radius 3 is 2.35 bits per heavy atom. The Balaban J connectivity index is 2.29. The van der Waals surface area contributed by atoms with Crippen LogP contribution in [0.25, 0.3) is 0 Å². The molecule has 0 spiro atoms. The third kappa shape index (κ3) is 4.32. The summed E-state index contributed by atoms with van der Waals surface area (Å²) in [5.74, 6) is -0.297. The largest absolute Gasteiger partial charge is 0.352 e. The highest BCUT2D eigenvalue weighted by atomic mass is 32.2. The molecule has 0 aliphatic heterocycles. The van der Waals surface area contributed by atoms with E-state index in [0.29, 0.717) is 12.1 Å². The first-order valence-electron chi connectivity index (χ1n) is 7.41. The van der Waals surface area contributed by atoms with Crippen LogP contribution in [0.3, 0.4) is 0 Å². The van der Waals surface area contributed by atoms with Crippen molar-refractivity contribution in [3.8, 4) is 0 Å². The summed E-state index contributed by atoms with van der Waals surface area (Å²) in [6, 6.07) is 13.1. The van der Waals surface area contributed by atoms with E-state index in [0.717, 1.165) is 12.0 Å². The molecular formula is C17H20N2O3S. The lowest BCUT2D eigenvalue weighted by Gasteiger charge is -2.12. The van der Waals surface area contributed by atoms with Crippen molar-refractivity contribution in [2.75, 3.05) is 11.3 Å². The Morgan fingerprint density at radius 1 is 1.04 bits per heavy atom. The van der Waals surface area contributed by atoms with Crippen LogP contribution in [0.2, 0.25) is 0 Å². The molecule has 0 fully saturated rings. The number of aryl methyl sites for hydroxylation is 1. The van der Waals surface area contributed by atoms with E-state index in [2.05, 4.69) is 10.0 Å². The van der Waals surface area contributed by atoms with E-state index >= 15 is 0 Å². The Labute approximate surface area is 136 Å². The molecule has 5 nitrogen and oxygen atoms in total. The van der Waals surface area contributed by atoms with E-state index in [9.17, 15) is 13.2 Å². The summed E-state index contributed by atoms with van der Waals surface area (Å²) in [4.78, 5) is 12.3. The molecule has 0 saturated heterocycles. The highest BCUT2D eigenvalue weighted by Gasteiger charge is 2.18. The van der Waals surface area contributed by atoms with Crippen LogP contribution in [0, 0.1) is 6.92 Å². The van der Waals surface area contributed by atoms with Crippen molar-refractivity contribution in [1.29, 1.82) is 0 Å². The molecule has 0 heterocycles. The molecule has 2 N–H and O–H groups in total. The van der Waals surface area contributed by atoms with Crippen molar-refractivity contribution in [1.82, 2.24) is 5.32 Å². The van der Waals surface area contributed by atoms with E-state index in [1.54, 1.807) is 36.4 Å². The maximum atomic E-state index is 12.5. The number of sulfonamides is 1. The SMILES string of the molecule is CCCNC(=O)c1ccccc1NS(=O)(=O)c1ccc(C)cc1. The molecule has 0 aromatic heterocycles. The monoisotopic (exact) mass is 332 g/mol. The van der Waals surface area contributed by atoms with Gasteiger partial charge in [-0.05, 0) is 37.6 Å². The number of carbonyl (C=O) groups is 1. The zero-order valence-electron chi connectivity index (χ0n) is 13.2. The van der Waals surface area contributed by atoms with Gasteiger partial charge in [-0.3, -0.25) is 9.52 Å². The number of amides is 1. The van der Waals surface area contributed by atoms with Gasteiger partial charge in [-0.15, -0.1) is 0 Å². The number of rotatable bonds is 6. The van der Waals surface area contributed by atoms with Crippen molar-refractivity contribution < 1.29 is 13.2 Å². The van der Waals surface area contributed by atoms with Gasteiger partial charge in [0.1, 0.15) is 0 Å². The lowest BCUT2D eigenvalue weighted by molar-refractivity contribution is 0.0954. The average molecular weight is 332 g/mol. The van der Waals surface area contributed by atoms with Gasteiger partial charge in [0.25, 0.3) is 15.9 Å². The molecule has 1 amide bonds. The van der Waals surface area contributed by atoms with Crippen LogP contribution in [-0.2, 0) is 10.0 Å². The molecule has 0 aliphatic rings. The number of benzene rings is 2. The molecule has 0 saturated carbocycles. The lowest BCUT2D eigenvalue weighted by atomic mass is 10.1. The predicted octanol–water partition coefficient (Wildman–Crippen LogP) is 2.94. The van der Waals surface area contributed by atoms with Gasteiger partial charge in [-0.1, -0.05) is 36.8 Å². The number of para-hydroxylation sites is 1. The van der Waals surface area contributed by atoms with E-state index < -0.39 is 10.0 Å². The summed E-state index contributed by atoms with van der Waals surface area (Å²) >= 11 is 0. The Morgan fingerprint density at radius 2 is 1.70 bits per heavy atom. The van der Waals surface area contributed by atoms with Crippen LogP contribution in [0.4, 0.5) is 5.69 Å². The average Bonchev–Trinajstić information content (AvgIpc) is 2.53. The zero-order valence-corrected chi connectivity index (χ0v) is 14.0. The third-order valence-corrected chi connectivity index (χ3v) is 4.66. The first-order valence-corrected chi connectivity index (χ1v) is 8.89. The quantitative estimate of drug-likeness (QED) is 0.854. The van der Waals surface area contributed by atoms with Crippen LogP contribution in [0.1, 0.15) is 29.3 Å². The normalized spacial score (nSPS) is 11.0. The number of carbonyl (C=O) groups excluding carboxylic acids is 1. The molecule has 0 atom stereocenters. The lowest BCUT2D eigenvalue weighted by Crippen LogP contribution is -2.25. The van der Waals surface area contributed by atoms with Gasteiger partial charge < -0.3 is 5.32 Å². The first kappa shape index (κ1) is 17.0. The molecule has 2 aromatic rings. The smallest absolute Gasteiger partial charge is 0.261 e. The molecule has 0 radical (unpaired) electrons. The van der Waals surface area contributed by atoms with E-state index in [1.807, 2.05) is 13.8 Å². The first-order chi connectivity index (χ1) is 10.9. The van der Waals surface area contributed by atoms with Crippen LogP contribution in [0.15, 0.2) is 53.4 Å². The van der Waals surface area contributed by atoms with Gasteiger partial charge in [-0.2, -0.15) is 0 Å². The topological polar surface area (TPSA) is 75.3 Å². The molecule has 6 heteroatoms. The standard InChI is InChI=1S/C17H20N2O3S/c1-3-12-18-17(20)15-6-4-5-7-16(15)19-23(21,22)14-10-8-13(2)9-11-14/h4-11,19H,3,12H2,1-2H3,(H,18,20). The maximum absolute atomic E-state index is 12.5. The summed E-state index contributed by atoms with van der Waals surface area (Å²) in [6.07, 6.45) is 0.809. The fourth-order valence-electron chi connectivity index (χ4n) is 2.02. The molecule has 122 valence electrons. The van der Waals surface area contributed by atoms with E-state index in [-0.39, 0.29) is 16.5 Å². The highest BCUT2D eigenvalue weighted by molar-refractivity contribution is 7.92. The van der Waals surface area contributed by atoms with Crippen LogP contribution in [0.5, 0.6) is 0 Å². The second-order valence-corrected chi connectivity index (χ2v) is 6.90. The third-order valence-electron chi connectivity index (χ3n) is 3.28. The second kappa shape index (κ2) is 7.28. The summed E-state index contributed by atoms with van der Waals surface area (Å²) in [7, 11) is -3.74. The summed E-state index contributed by atoms with van der Waals surface area (Å²) in [6.45, 7) is 4.38. The molecule has 0 unspecified atom stereocenters. The van der Waals surface area contributed by atoms with Crippen molar-refractivity contribution in [3.05, 3.63) is 59.7 Å². The predicted molar refractivity (Wildman–Crippen MR) is 91.1 cm³/mol. The number of hydrogen-bond donors (Lipinski definition) is 2. The van der Waals surface area contributed by atoms with E-state index in [1.165, 1.54) is 12.1 Å². The maximum Gasteiger partial charge on any atom is 0.261 e. The van der Waals surface area contributed by atoms with Gasteiger partial charge >= 0.3 is 0 Å². The highest BCUT2D eigenvalue weighted by Crippen LogP contribution is 2.20. The van der Waals surface area contributed by atoms with Gasteiger partial charge in [-0.25, -0.2) is 8.42 Å². The van der Waals surface area contributed by atoms with Crippen molar-refractivity contribution in [2.24, 2.45) is 0 Å². The Bertz CT molecular complexity index is 784. The number of anilines is 1. The van der Waals surface area contributed by atoms with Crippen molar-refractivity contribution >= 4 is 21.6 Å². The second-order valence-electron chi connectivity index (χ2n) is 5.22. The van der Waals surface area contributed by atoms with Crippen molar-refractivity contribution in [3.63, 3.8) is 0 Å². The molecule has 0 aliphatic carbocycles. The van der Waals surface area contributed by atoms with Crippen LogP contribution < -0.4 is 10.0 Å². The summed E-state index contributed by atoms with van der Waals surface area (Å²) in [5, 5.41) is 2.75. The molecule has 23 heavy (non-hydrogen) atoms. The van der Waals surface area contributed by atoms with Gasteiger partial charge in [0.05, 0.1) is 16.1 Å². The van der Waals surface area contributed by atoms with Gasteiger partial charge in [0.2, 0.25) is 0 Å². The number of nitrogens with one attached hydrogen (secondary N) is 2. The fourth-order valence-corrected chi connectivity index (χ4v) is 3.10. The minimum absolute atomic E-state index is 0.159. The van der Waals surface area contributed by atoms with E-state index in [4.69, 9.17) is 0 Å². The molecule has 2 aromatic carbocycles. The van der Waals surface area contributed by atoms with Crippen molar-refractivity contribution in [2.45, 2.75) is 25.2 Å². The minimum atomic E-state index is -3.74. The Kier molecular flexibility index (Phi) is 5.39. The molecule has 2 rings (SSSR count). The number of hydrogen-bond acceptors (Lipinski definition) is 3. The molecule has 0 bridgehead atoms. The summed E-state index contributed by atoms with van der Waals surface area (Å²) < 4.78 is 27.4. The van der Waals surface area contributed by atoms with Crippen LogP contribution in [-0.4, -0.2) is 20.9 Å². The van der Waals surface area contributed by atoms with Gasteiger partial charge in [0.15, 0.2) is 0 Å². The summed E-state index contributed by atoms with van der Waals surface area (Å²) in [5.41, 5.74) is 1.54. The Hall–Kier alpha value is -2.34.